The summed E-state index contributed by atoms with van der Waals surface area (Å²) in [5, 5.41) is 3.22. The number of nitrogens with zero attached hydrogens (tertiary/aromatic N) is 2. The first kappa shape index (κ1) is 7.98. The Morgan fingerprint density at radius 3 is 2.91 bits per heavy atom. The minimum atomic E-state index is 0.465. The van der Waals surface area contributed by atoms with Crippen LogP contribution < -0.4 is 5.32 Å². The number of hydrogen-bond acceptors (Lipinski definition) is 3. The molecular weight excluding hydrogens is 138 g/mol. The zero-order valence-electron chi connectivity index (χ0n) is 6.91. The van der Waals surface area contributed by atoms with Crippen LogP contribution in [0.3, 0.4) is 0 Å². The van der Waals surface area contributed by atoms with Crippen LogP contribution in [-0.4, -0.2) is 16.0 Å². The van der Waals surface area contributed by atoms with Crippen molar-refractivity contribution in [2.75, 3.05) is 5.32 Å². The van der Waals surface area contributed by atoms with Gasteiger partial charge < -0.3 is 5.32 Å². The van der Waals surface area contributed by atoms with Gasteiger partial charge in [0, 0.05) is 18.4 Å². The summed E-state index contributed by atoms with van der Waals surface area (Å²) in [6, 6.07) is 0.465. The molecule has 3 heteroatoms. The predicted octanol–water partition coefficient (Wildman–Crippen LogP) is 1.69. The number of anilines is 1. The number of aromatic nitrogens is 2. The van der Waals surface area contributed by atoms with Crippen molar-refractivity contribution < 1.29 is 0 Å². The molecule has 3 nitrogen and oxygen atoms in total. The van der Waals surface area contributed by atoms with Crippen molar-refractivity contribution in [1.82, 2.24) is 9.97 Å². The van der Waals surface area contributed by atoms with E-state index in [0.29, 0.717) is 6.04 Å². The van der Waals surface area contributed by atoms with E-state index in [9.17, 15) is 0 Å². The van der Waals surface area contributed by atoms with Gasteiger partial charge >= 0.3 is 0 Å². The van der Waals surface area contributed by atoms with Crippen molar-refractivity contribution in [3.05, 3.63) is 18.6 Å². The molecule has 0 fully saturated rings. The molecule has 1 atom stereocenters. The smallest absolute Gasteiger partial charge is 0.144 e. The van der Waals surface area contributed by atoms with Gasteiger partial charge in [-0.3, -0.25) is 4.98 Å². The molecule has 0 radical (unpaired) electrons. The van der Waals surface area contributed by atoms with Gasteiger partial charge in [-0.25, -0.2) is 4.98 Å². The highest BCUT2D eigenvalue weighted by Crippen LogP contribution is 2.01. The normalized spacial score (nSPS) is 12.5. The molecule has 0 aromatic carbocycles. The van der Waals surface area contributed by atoms with Gasteiger partial charge in [0.05, 0.1) is 6.20 Å². The fourth-order valence-corrected chi connectivity index (χ4v) is 0.728. The molecule has 1 N–H and O–H groups in total. The van der Waals surface area contributed by atoms with Crippen LogP contribution in [0, 0.1) is 0 Å². The average Bonchev–Trinajstić information content (AvgIpc) is 2.06. The fourth-order valence-electron chi connectivity index (χ4n) is 0.728. The third-order valence-electron chi connectivity index (χ3n) is 1.57. The SMILES string of the molecule is CCC(C)Nc1cnccn1. The number of hydrogen-bond donors (Lipinski definition) is 1. The number of rotatable bonds is 3. The second kappa shape index (κ2) is 3.91. The van der Waals surface area contributed by atoms with Crippen LogP contribution in [0.1, 0.15) is 20.3 Å². The molecule has 60 valence electrons. The molecule has 0 spiro atoms. The van der Waals surface area contributed by atoms with Crippen LogP contribution >= 0.6 is 0 Å². The Bertz CT molecular complexity index is 198. The van der Waals surface area contributed by atoms with Crippen molar-refractivity contribution in [3.63, 3.8) is 0 Å². The lowest BCUT2D eigenvalue weighted by atomic mass is 10.3. The van der Waals surface area contributed by atoms with Gasteiger partial charge in [-0.05, 0) is 13.3 Å². The first-order valence-corrected chi connectivity index (χ1v) is 3.85. The summed E-state index contributed by atoms with van der Waals surface area (Å²) >= 11 is 0. The maximum Gasteiger partial charge on any atom is 0.144 e. The van der Waals surface area contributed by atoms with Gasteiger partial charge in [0.15, 0.2) is 0 Å². The van der Waals surface area contributed by atoms with Crippen LogP contribution in [0.15, 0.2) is 18.6 Å². The topological polar surface area (TPSA) is 37.8 Å². The number of nitrogens with one attached hydrogen (secondary N) is 1. The van der Waals surface area contributed by atoms with Crippen molar-refractivity contribution in [2.45, 2.75) is 26.3 Å². The molecule has 0 bridgehead atoms. The summed E-state index contributed by atoms with van der Waals surface area (Å²) in [5.74, 6) is 0.849. The van der Waals surface area contributed by atoms with Gasteiger partial charge in [0.1, 0.15) is 5.82 Å². The first-order chi connectivity index (χ1) is 5.33. The van der Waals surface area contributed by atoms with Gasteiger partial charge in [0.25, 0.3) is 0 Å². The quantitative estimate of drug-likeness (QED) is 0.714. The van der Waals surface area contributed by atoms with Crippen molar-refractivity contribution in [2.24, 2.45) is 0 Å². The summed E-state index contributed by atoms with van der Waals surface area (Å²) in [4.78, 5) is 8.04. The maximum atomic E-state index is 4.09. The second-order valence-electron chi connectivity index (χ2n) is 2.54. The minimum absolute atomic E-state index is 0.465. The monoisotopic (exact) mass is 151 g/mol. The Hall–Kier alpha value is -1.12. The Labute approximate surface area is 66.9 Å². The largest absolute Gasteiger partial charge is 0.366 e. The lowest BCUT2D eigenvalue weighted by Crippen LogP contribution is -2.14. The van der Waals surface area contributed by atoms with Crippen molar-refractivity contribution in [1.29, 1.82) is 0 Å². The van der Waals surface area contributed by atoms with Gasteiger partial charge in [-0.2, -0.15) is 0 Å². The van der Waals surface area contributed by atoms with E-state index in [0.717, 1.165) is 12.2 Å². The molecule has 1 aromatic rings. The van der Waals surface area contributed by atoms with E-state index in [1.807, 2.05) is 0 Å². The Morgan fingerprint density at radius 1 is 1.55 bits per heavy atom. The zero-order chi connectivity index (χ0) is 8.10. The summed E-state index contributed by atoms with van der Waals surface area (Å²) in [7, 11) is 0. The van der Waals surface area contributed by atoms with Crippen LogP contribution in [0.25, 0.3) is 0 Å². The highest BCUT2D eigenvalue weighted by Gasteiger charge is 1.97. The van der Waals surface area contributed by atoms with Crippen LogP contribution in [0.5, 0.6) is 0 Å². The van der Waals surface area contributed by atoms with Crippen molar-refractivity contribution in [3.8, 4) is 0 Å². The van der Waals surface area contributed by atoms with Gasteiger partial charge in [-0.15, -0.1) is 0 Å². The third kappa shape index (κ3) is 2.53. The summed E-state index contributed by atoms with van der Waals surface area (Å²) < 4.78 is 0. The Kier molecular flexibility index (Phi) is 2.83. The van der Waals surface area contributed by atoms with E-state index in [1.54, 1.807) is 18.6 Å². The molecule has 1 heterocycles. The summed E-state index contributed by atoms with van der Waals surface area (Å²) in [6.07, 6.45) is 6.18. The Morgan fingerprint density at radius 2 is 2.36 bits per heavy atom. The van der Waals surface area contributed by atoms with Crippen LogP contribution in [-0.2, 0) is 0 Å². The molecule has 0 aliphatic rings. The maximum absolute atomic E-state index is 4.09. The van der Waals surface area contributed by atoms with E-state index >= 15 is 0 Å². The molecular formula is C8H13N3. The molecule has 1 rings (SSSR count). The first-order valence-electron chi connectivity index (χ1n) is 3.85. The minimum Gasteiger partial charge on any atom is -0.366 e. The third-order valence-corrected chi connectivity index (χ3v) is 1.57. The van der Waals surface area contributed by atoms with E-state index in [-0.39, 0.29) is 0 Å². The molecule has 0 saturated heterocycles. The van der Waals surface area contributed by atoms with Gasteiger partial charge in [-0.1, -0.05) is 6.92 Å². The molecule has 0 aliphatic carbocycles. The molecule has 1 aromatic heterocycles. The van der Waals surface area contributed by atoms with Crippen LogP contribution in [0.4, 0.5) is 5.82 Å². The summed E-state index contributed by atoms with van der Waals surface area (Å²) in [5.41, 5.74) is 0. The van der Waals surface area contributed by atoms with E-state index < -0.39 is 0 Å². The standard InChI is InChI=1S/C8H13N3/c1-3-7(2)11-8-6-9-4-5-10-8/h4-7H,3H2,1-2H3,(H,10,11). The average molecular weight is 151 g/mol. The molecule has 11 heavy (non-hydrogen) atoms. The van der Waals surface area contributed by atoms with E-state index in [4.69, 9.17) is 0 Å². The van der Waals surface area contributed by atoms with Gasteiger partial charge in [0.2, 0.25) is 0 Å². The van der Waals surface area contributed by atoms with Crippen molar-refractivity contribution >= 4 is 5.82 Å². The second-order valence-corrected chi connectivity index (χ2v) is 2.54. The summed E-state index contributed by atoms with van der Waals surface area (Å²) in [6.45, 7) is 4.25. The zero-order valence-corrected chi connectivity index (χ0v) is 6.91. The van der Waals surface area contributed by atoms with E-state index in [1.165, 1.54) is 0 Å². The molecule has 0 amide bonds. The lowest BCUT2D eigenvalue weighted by molar-refractivity contribution is 0.758. The highest BCUT2D eigenvalue weighted by atomic mass is 15.0. The van der Waals surface area contributed by atoms with E-state index in [2.05, 4.69) is 29.1 Å². The molecule has 0 saturated carbocycles. The predicted molar refractivity (Wildman–Crippen MR) is 45.4 cm³/mol. The lowest BCUT2D eigenvalue weighted by Gasteiger charge is -2.10. The molecule has 0 aliphatic heterocycles. The molecule has 1 unspecified atom stereocenters. The van der Waals surface area contributed by atoms with Crippen LogP contribution in [0.2, 0.25) is 0 Å². The highest BCUT2D eigenvalue weighted by molar-refractivity contribution is 5.30. The Balaban J connectivity index is 2.51. The fraction of sp³-hybridized carbons (Fsp3) is 0.500.